The number of H-pyrrole nitrogens is 1. The number of halogens is 3. The summed E-state index contributed by atoms with van der Waals surface area (Å²) in [6.45, 7) is 7.14. The maximum atomic E-state index is 13.5. The molecular formula is C23H28Cl3N7O. The zero-order valence-corrected chi connectivity index (χ0v) is 21.4. The maximum Gasteiger partial charge on any atom is 0.231 e. The van der Waals surface area contributed by atoms with Gasteiger partial charge in [0.05, 0.1) is 28.8 Å². The molecule has 0 bridgehead atoms. The standard InChI is InChI=1S/C23H26ClN7O.2ClH/c1-15(2)26-13-19(16-3-5-18(24)6-4-16)23(32)31-9-7-30(8-10-31)21-17(11-25)12-27-22-20(21)14-28-29-22;;/h3-6,12,14-15,19,26H,7-10,13H2,1-2H3,(H,27,28,29);2*1H/t19-;;/m1../s1. The fourth-order valence-electron chi connectivity index (χ4n) is 4.08. The molecule has 0 unspecified atom stereocenters. The first-order valence-electron chi connectivity index (χ1n) is 10.7. The number of benzene rings is 1. The first-order valence-corrected chi connectivity index (χ1v) is 11.1. The van der Waals surface area contributed by atoms with Crippen molar-refractivity contribution in [1.82, 2.24) is 25.4 Å². The normalized spacial score (nSPS) is 14.3. The molecule has 3 aromatic rings. The van der Waals surface area contributed by atoms with Crippen LogP contribution in [0.3, 0.4) is 0 Å². The Morgan fingerprint density at radius 3 is 2.47 bits per heavy atom. The number of piperazine rings is 1. The van der Waals surface area contributed by atoms with Gasteiger partial charge in [0.25, 0.3) is 0 Å². The molecule has 2 aromatic heterocycles. The van der Waals surface area contributed by atoms with Crippen LogP contribution >= 0.6 is 36.4 Å². The summed E-state index contributed by atoms with van der Waals surface area (Å²) in [4.78, 5) is 21.8. The Labute approximate surface area is 216 Å². The van der Waals surface area contributed by atoms with Gasteiger partial charge >= 0.3 is 0 Å². The molecule has 1 aromatic carbocycles. The maximum absolute atomic E-state index is 13.5. The van der Waals surface area contributed by atoms with Crippen LogP contribution in [0.4, 0.5) is 5.69 Å². The number of aromatic amines is 1. The van der Waals surface area contributed by atoms with Crippen LogP contribution < -0.4 is 10.2 Å². The second-order valence-corrected chi connectivity index (χ2v) is 8.68. The number of carbonyl (C=O) groups is 1. The largest absolute Gasteiger partial charge is 0.366 e. The second kappa shape index (κ2) is 12.2. The molecule has 4 rings (SSSR count). The number of hydrogen-bond acceptors (Lipinski definition) is 6. The van der Waals surface area contributed by atoms with Crippen molar-refractivity contribution >= 4 is 59.0 Å². The summed E-state index contributed by atoms with van der Waals surface area (Å²) in [6.07, 6.45) is 3.27. The van der Waals surface area contributed by atoms with Gasteiger partial charge in [-0.05, 0) is 17.7 Å². The van der Waals surface area contributed by atoms with Crippen LogP contribution in [0.2, 0.25) is 5.02 Å². The number of nitrogens with one attached hydrogen (secondary N) is 2. The predicted molar refractivity (Wildman–Crippen MR) is 139 cm³/mol. The number of rotatable bonds is 6. The van der Waals surface area contributed by atoms with E-state index in [9.17, 15) is 10.1 Å². The van der Waals surface area contributed by atoms with Gasteiger partial charge < -0.3 is 15.1 Å². The van der Waals surface area contributed by atoms with Gasteiger partial charge in [0.1, 0.15) is 6.07 Å². The number of fused-ring (bicyclic) bond motifs is 1. The summed E-state index contributed by atoms with van der Waals surface area (Å²) < 4.78 is 0. The van der Waals surface area contributed by atoms with E-state index in [4.69, 9.17) is 11.6 Å². The lowest BCUT2D eigenvalue weighted by molar-refractivity contribution is -0.133. The third kappa shape index (κ3) is 5.91. The van der Waals surface area contributed by atoms with E-state index >= 15 is 0 Å². The number of nitriles is 1. The molecule has 1 atom stereocenters. The monoisotopic (exact) mass is 523 g/mol. The number of pyridine rings is 1. The highest BCUT2D eigenvalue weighted by Crippen LogP contribution is 2.29. The van der Waals surface area contributed by atoms with Crippen molar-refractivity contribution in [2.45, 2.75) is 25.8 Å². The van der Waals surface area contributed by atoms with Crippen molar-refractivity contribution in [3.8, 4) is 6.07 Å². The SMILES string of the molecule is CC(C)NC[C@@H](C(=O)N1CCN(c2c(C#N)cnc3[nH]ncc23)CC1)c1ccc(Cl)cc1.Cl.Cl. The Bertz CT molecular complexity index is 1140. The van der Waals surface area contributed by atoms with E-state index in [1.807, 2.05) is 29.2 Å². The molecular weight excluding hydrogens is 497 g/mol. The second-order valence-electron chi connectivity index (χ2n) is 8.24. The smallest absolute Gasteiger partial charge is 0.231 e. The third-order valence-corrected chi connectivity index (χ3v) is 6.03. The highest BCUT2D eigenvalue weighted by molar-refractivity contribution is 6.30. The molecule has 1 aliphatic rings. The summed E-state index contributed by atoms with van der Waals surface area (Å²) in [7, 11) is 0. The minimum atomic E-state index is -0.280. The van der Waals surface area contributed by atoms with Gasteiger partial charge in [0.2, 0.25) is 5.91 Å². The van der Waals surface area contributed by atoms with E-state index in [0.717, 1.165) is 16.6 Å². The number of carbonyl (C=O) groups excluding carboxylic acids is 1. The van der Waals surface area contributed by atoms with Crippen LogP contribution in [0.15, 0.2) is 36.7 Å². The average molecular weight is 525 g/mol. The zero-order valence-electron chi connectivity index (χ0n) is 19.0. The Morgan fingerprint density at radius 1 is 1.18 bits per heavy atom. The summed E-state index contributed by atoms with van der Waals surface area (Å²) in [5.41, 5.74) is 2.95. The number of nitrogens with zero attached hydrogens (tertiary/aromatic N) is 5. The molecule has 1 fully saturated rings. The molecule has 8 nitrogen and oxygen atoms in total. The number of amides is 1. The van der Waals surface area contributed by atoms with E-state index < -0.39 is 0 Å². The van der Waals surface area contributed by atoms with Gasteiger partial charge in [-0.15, -0.1) is 24.8 Å². The number of hydrogen-bond donors (Lipinski definition) is 2. The minimum absolute atomic E-state index is 0. The Morgan fingerprint density at radius 2 is 1.85 bits per heavy atom. The molecule has 3 heterocycles. The molecule has 1 amide bonds. The highest BCUT2D eigenvalue weighted by atomic mass is 35.5. The van der Waals surface area contributed by atoms with E-state index in [1.165, 1.54) is 0 Å². The van der Waals surface area contributed by atoms with Crippen LogP contribution in [0.1, 0.15) is 30.9 Å². The van der Waals surface area contributed by atoms with Gasteiger partial charge in [-0.2, -0.15) is 10.4 Å². The van der Waals surface area contributed by atoms with Crippen molar-refractivity contribution in [2.75, 3.05) is 37.6 Å². The van der Waals surface area contributed by atoms with E-state index in [-0.39, 0.29) is 42.7 Å². The van der Waals surface area contributed by atoms with Gasteiger partial charge in [-0.1, -0.05) is 37.6 Å². The lowest BCUT2D eigenvalue weighted by Gasteiger charge is -2.38. The first kappa shape index (κ1) is 27.7. The zero-order chi connectivity index (χ0) is 22.7. The molecule has 2 N–H and O–H groups in total. The number of anilines is 1. The van der Waals surface area contributed by atoms with Crippen LogP contribution in [-0.4, -0.2) is 64.8 Å². The summed E-state index contributed by atoms with van der Waals surface area (Å²) >= 11 is 6.05. The lowest BCUT2D eigenvalue weighted by atomic mass is 9.96. The van der Waals surface area contributed by atoms with Crippen molar-refractivity contribution in [3.05, 3.63) is 52.8 Å². The number of aromatic nitrogens is 3. The van der Waals surface area contributed by atoms with Gasteiger partial charge in [0.15, 0.2) is 5.65 Å². The van der Waals surface area contributed by atoms with E-state index in [0.29, 0.717) is 49.0 Å². The van der Waals surface area contributed by atoms with Crippen molar-refractivity contribution in [3.63, 3.8) is 0 Å². The molecule has 11 heteroatoms. The summed E-state index contributed by atoms with van der Waals surface area (Å²) in [5, 5.41) is 21.4. The molecule has 0 aliphatic carbocycles. The van der Waals surface area contributed by atoms with Crippen LogP contribution in [0.25, 0.3) is 11.0 Å². The van der Waals surface area contributed by atoms with E-state index in [1.54, 1.807) is 12.4 Å². The van der Waals surface area contributed by atoms with Crippen LogP contribution in [0, 0.1) is 11.3 Å². The fourth-order valence-corrected chi connectivity index (χ4v) is 4.20. The molecule has 0 saturated carbocycles. The topological polar surface area (TPSA) is 101 Å². The van der Waals surface area contributed by atoms with Crippen molar-refractivity contribution in [1.29, 1.82) is 5.26 Å². The van der Waals surface area contributed by atoms with Crippen LogP contribution in [0.5, 0.6) is 0 Å². The summed E-state index contributed by atoms with van der Waals surface area (Å²) in [6, 6.07) is 10.0. The minimum Gasteiger partial charge on any atom is -0.366 e. The molecule has 34 heavy (non-hydrogen) atoms. The summed E-state index contributed by atoms with van der Waals surface area (Å²) in [5.74, 6) is -0.179. The highest BCUT2D eigenvalue weighted by Gasteiger charge is 2.30. The Balaban J connectivity index is 0.00000204. The Kier molecular flexibility index (Phi) is 9.95. The van der Waals surface area contributed by atoms with Crippen molar-refractivity contribution in [2.24, 2.45) is 0 Å². The first-order chi connectivity index (χ1) is 15.5. The molecule has 182 valence electrons. The fraction of sp³-hybridized carbons (Fsp3) is 0.391. The third-order valence-electron chi connectivity index (χ3n) is 5.78. The van der Waals surface area contributed by atoms with Crippen molar-refractivity contribution < 1.29 is 4.79 Å². The molecule has 0 spiro atoms. The van der Waals surface area contributed by atoms with Gasteiger partial charge in [-0.25, -0.2) is 4.98 Å². The van der Waals surface area contributed by atoms with E-state index in [2.05, 4.69) is 45.3 Å². The quantitative estimate of drug-likeness (QED) is 0.509. The Hall–Kier alpha value is -2.57. The molecule has 0 radical (unpaired) electrons. The average Bonchev–Trinajstić information content (AvgIpc) is 3.28. The van der Waals surface area contributed by atoms with Crippen LogP contribution in [-0.2, 0) is 4.79 Å². The molecule has 1 aliphatic heterocycles. The molecule has 1 saturated heterocycles. The van der Waals surface area contributed by atoms with Gasteiger partial charge in [-0.3, -0.25) is 9.89 Å². The van der Waals surface area contributed by atoms with Gasteiger partial charge in [0, 0.05) is 50.0 Å². The lowest BCUT2D eigenvalue weighted by Crippen LogP contribution is -2.51. The predicted octanol–water partition coefficient (Wildman–Crippen LogP) is 3.76.